The molecule has 1 aromatic heterocycles. The van der Waals surface area contributed by atoms with Gasteiger partial charge in [-0.1, -0.05) is 25.6 Å². The van der Waals surface area contributed by atoms with Crippen molar-refractivity contribution in [1.82, 2.24) is 9.55 Å². The molecule has 1 heterocycles. The van der Waals surface area contributed by atoms with Crippen molar-refractivity contribution in [2.45, 2.75) is 36.3 Å². The molecular formula is C18H20Cl2N2O3S. The van der Waals surface area contributed by atoms with E-state index in [9.17, 15) is 9.59 Å². The molecule has 0 N–H and O–H groups in total. The van der Waals surface area contributed by atoms with Gasteiger partial charge in [-0.2, -0.15) is 0 Å². The van der Waals surface area contributed by atoms with Crippen LogP contribution in [0.4, 0.5) is 0 Å². The zero-order valence-corrected chi connectivity index (χ0v) is 17.1. The first-order valence-electron chi connectivity index (χ1n) is 8.36. The SMILES string of the molecule is COC(=O)c1ccc2c(=O)n(CC(C)C)c(SCC3CC3(Cl)Cl)nc2c1. The second-order valence-electron chi connectivity index (χ2n) is 6.90. The van der Waals surface area contributed by atoms with Gasteiger partial charge in [0.25, 0.3) is 5.56 Å². The number of methoxy groups -OCH3 is 1. The van der Waals surface area contributed by atoms with E-state index < -0.39 is 10.3 Å². The predicted molar refractivity (Wildman–Crippen MR) is 105 cm³/mol. The van der Waals surface area contributed by atoms with E-state index in [0.29, 0.717) is 39.8 Å². The Kier molecular flexibility index (Phi) is 5.56. The summed E-state index contributed by atoms with van der Waals surface area (Å²) in [6.07, 6.45) is 0.748. The van der Waals surface area contributed by atoms with Crippen LogP contribution in [0.5, 0.6) is 0 Å². The summed E-state index contributed by atoms with van der Waals surface area (Å²) in [5, 5.41) is 1.10. The Morgan fingerprint density at radius 3 is 2.73 bits per heavy atom. The van der Waals surface area contributed by atoms with E-state index in [0.717, 1.165) is 6.42 Å². The fourth-order valence-corrected chi connectivity index (χ4v) is 4.65. The number of benzene rings is 1. The molecule has 1 aliphatic rings. The van der Waals surface area contributed by atoms with Gasteiger partial charge in [-0.3, -0.25) is 9.36 Å². The zero-order valence-electron chi connectivity index (χ0n) is 14.8. The molecule has 3 rings (SSSR count). The number of ether oxygens (including phenoxy) is 1. The van der Waals surface area contributed by atoms with Crippen LogP contribution in [0.1, 0.15) is 30.6 Å². The maximum absolute atomic E-state index is 13.0. The fraction of sp³-hybridized carbons (Fsp3) is 0.500. The monoisotopic (exact) mass is 414 g/mol. The van der Waals surface area contributed by atoms with Gasteiger partial charge in [0.05, 0.1) is 23.6 Å². The minimum atomic E-state index is -0.662. The quantitative estimate of drug-likeness (QED) is 0.307. The van der Waals surface area contributed by atoms with Gasteiger partial charge < -0.3 is 4.74 Å². The van der Waals surface area contributed by atoms with E-state index in [1.54, 1.807) is 22.8 Å². The van der Waals surface area contributed by atoms with Crippen molar-refractivity contribution in [3.63, 3.8) is 0 Å². The van der Waals surface area contributed by atoms with Crippen LogP contribution in [0.15, 0.2) is 28.2 Å². The molecule has 0 spiro atoms. The first-order valence-corrected chi connectivity index (χ1v) is 10.1. The Morgan fingerprint density at radius 2 is 2.15 bits per heavy atom. The standard InChI is InChI=1S/C18H20Cl2N2O3S/c1-10(2)8-22-15(23)13-5-4-11(16(24)25-3)6-14(13)21-17(22)26-9-12-7-18(12,19)20/h4-6,10,12H,7-9H2,1-3H3. The molecule has 0 radical (unpaired) electrons. The number of fused-ring (bicyclic) bond motifs is 1. The molecule has 1 atom stereocenters. The van der Waals surface area contributed by atoms with Crippen LogP contribution in [0, 0.1) is 11.8 Å². The maximum Gasteiger partial charge on any atom is 0.337 e. The molecule has 1 aliphatic carbocycles. The Labute approximate surface area is 166 Å². The second kappa shape index (κ2) is 7.41. The van der Waals surface area contributed by atoms with Crippen LogP contribution in [0.2, 0.25) is 0 Å². The molecule has 0 aliphatic heterocycles. The molecule has 5 nitrogen and oxygen atoms in total. The molecule has 1 saturated carbocycles. The highest BCUT2D eigenvalue weighted by Gasteiger charge is 2.51. The molecule has 1 fully saturated rings. The summed E-state index contributed by atoms with van der Waals surface area (Å²) in [4.78, 5) is 29.4. The summed E-state index contributed by atoms with van der Waals surface area (Å²) >= 11 is 13.7. The molecule has 0 saturated heterocycles. The van der Waals surface area contributed by atoms with Crippen LogP contribution >= 0.6 is 35.0 Å². The normalized spacial score (nSPS) is 18.3. The summed E-state index contributed by atoms with van der Waals surface area (Å²) in [5.74, 6) is 0.722. The van der Waals surface area contributed by atoms with Crippen molar-refractivity contribution in [3.05, 3.63) is 34.1 Å². The second-order valence-corrected chi connectivity index (χ2v) is 9.43. The molecule has 1 aromatic carbocycles. The zero-order chi connectivity index (χ0) is 19.1. The lowest BCUT2D eigenvalue weighted by Crippen LogP contribution is -2.25. The van der Waals surface area contributed by atoms with Gasteiger partial charge in [-0.25, -0.2) is 9.78 Å². The lowest BCUT2D eigenvalue weighted by Gasteiger charge is -2.15. The lowest BCUT2D eigenvalue weighted by atomic mass is 10.1. The van der Waals surface area contributed by atoms with E-state index in [4.69, 9.17) is 27.9 Å². The maximum atomic E-state index is 13.0. The first-order chi connectivity index (χ1) is 12.2. The predicted octanol–water partition coefficient (Wildman–Crippen LogP) is 4.13. The molecule has 8 heteroatoms. The average Bonchev–Trinajstić information content (AvgIpc) is 3.21. The van der Waals surface area contributed by atoms with Gasteiger partial charge in [0.1, 0.15) is 4.33 Å². The third kappa shape index (κ3) is 4.02. The minimum absolute atomic E-state index is 0.110. The van der Waals surface area contributed by atoms with Crippen LogP contribution < -0.4 is 5.56 Å². The number of hydrogen-bond donors (Lipinski definition) is 0. The summed E-state index contributed by atoms with van der Waals surface area (Å²) in [6, 6.07) is 4.81. The van der Waals surface area contributed by atoms with E-state index in [1.165, 1.54) is 18.9 Å². The van der Waals surface area contributed by atoms with Crippen molar-refractivity contribution < 1.29 is 9.53 Å². The van der Waals surface area contributed by atoms with E-state index in [-0.39, 0.29) is 11.5 Å². The summed E-state index contributed by atoms with van der Waals surface area (Å²) < 4.78 is 5.78. The summed E-state index contributed by atoms with van der Waals surface area (Å²) in [6.45, 7) is 4.67. The van der Waals surface area contributed by atoms with Gasteiger partial charge in [-0.15, -0.1) is 23.2 Å². The van der Waals surface area contributed by atoms with Gasteiger partial charge >= 0.3 is 5.97 Å². The molecule has 140 valence electrons. The fourth-order valence-electron chi connectivity index (χ4n) is 2.71. The van der Waals surface area contributed by atoms with Crippen molar-refractivity contribution in [2.75, 3.05) is 12.9 Å². The number of nitrogens with zero attached hydrogens (tertiary/aromatic N) is 2. The van der Waals surface area contributed by atoms with Crippen molar-refractivity contribution in [3.8, 4) is 0 Å². The Morgan fingerprint density at radius 1 is 1.46 bits per heavy atom. The van der Waals surface area contributed by atoms with Gasteiger partial charge in [-0.05, 0) is 30.5 Å². The Balaban J connectivity index is 2.03. The van der Waals surface area contributed by atoms with Crippen LogP contribution in [-0.4, -0.2) is 32.7 Å². The lowest BCUT2D eigenvalue weighted by molar-refractivity contribution is 0.0601. The Bertz CT molecular complexity index is 911. The van der Waals surface area contributed by atoms with Gasteiger partial charge in [0.15, 0.2) is 5.16 Å². The molecule has 1 unspecified atom stereocenters. The van der Waals surface area contributed by atoms with Gasteiger partial charge in [0, 0.05) is 18.2 Å². The number of thioether (sulfide) groups is 1. The first kappa shape index (κ1) is 19.5. The highest BCUT2D eigenvalue weighted by atomic mass is 35.5. The highest BCUT2D eigenvalue weighted by Crippen LogP contribution is 2.54. The van der Waals surface area contributed by atoms with E-state index >= 15 is 0 Å². The van der Waals surface area contributed by atoms with Crippen LogP contribution in [-0.2, 0) is 11.3 Å². The number of carbonyl (C=O) groups excluding carboxylic acids is 1. The van der Waals surface area contributed by atoms with Crippen LogP contribution in [0.25, 0.3) is 10.9 Å². The number of hydrogen-bond acceptors (Lipinski definition) is 5. The molecular weight excluding hydrogens is 395 g/mol. The topological polar surface area (TPSA) is 61.2 Å². The highest BCUT2D eigenvalue weighted by molar-refractivity contribution is 7.99. The van der Waals surface area contributed by atoms with Crippen molar-refractivity contribution >= 4 is 51.8 Å². The molecule has 0 amide bonds. The number of aromatic nitrogens is 2. The van der Waals surface area contributed by atoms with Crippen LogP contribution in [0.3, 0.4) is 0 Å². The average molecular weight is 415 g/mol. The molecule has 26 heavy (non-hydrogen) atoms. The third-order valence-electron chi connectivity index (χ3n) is 4.26. The number of rotatable bonds is 6. The molecule has 0 bridgehead atoms. The largest absolute Gasteiger partial charge is 0.465 e. The van der Waals surface area contributed by atoms with E-state index in [2.05, 4.69) is 18.8 Å². The summed E-state index contributed by atoms with van der Waals surface area (Å²) in [5.41, 5.74) is 0.743. The number of alkyl halides is 2. The number of carbonyl (C=O) groups is 1. The smallest absolute Gasteiger partial charge is 0.337 e. The Hall–Kier alpha value is -1.24. The molecule has 2 aromatic rings. The third-order valence-corrected chi connectivity index (χ3v) is 6.32. The van der Waals surface area contributed by atoms with Gasteiger partial charge in [0.2, 0.25) is 0 Å². The van der Waals surface area contributed by atoms with Crippen molar-refractivity contribution in [1.29, 1.82) is 0 Å². The van der Waals surface area contributed by atoms with Crippen molar-refractivity contribution in [2.24, 2.45) is 11.8 Å². The number of halogens is 2. The summed E-state index contributed by atoms with van der Waals surface area (Å²) in [7, 11) is 1.32. The number of esters is 1. The minimum Gasteiger partial charge on any atom is -0.465 e. The van der Waals surface area contributed by atoms with E-state index in [1.807, 2.05) is 0 Å².